The summed E-state index contributed by atoms with van der Waals surface area (Å²) < 4.78 is 30.3. The highest BCUT2D eigenvalue weighted by atomic mass is 32.1. The van der Waals surface area contributed by atoms with Crippen LogP contribution in [0.2, 0.25) is 0 Å². The van der Waals surface area contributed by atoms with E-state index in [-0.39, 0.29) is 22.7 Å². The number of carbonyl (C=O) groups is 4. The van der Waals surface area contributed by atoms with E-state index in [1.54, 1.807) is 12.4 Å². The number of nitrogens with zero attached hydrogens (tertiary/aromatic N) is 6. The molecule has 254 valence electrons. The summed E-state index contributed by atoms with van der Waals surface area (Å²) in [6.07, 6.45) is -3.37. The lowest BCUT2D eigenvalue weighted by Gasteiger charge is -2.44. The molecule has 2 N–H and O–H groups in total. The molecule has 48 heavy (non-hydrogen) atoms. The van der Waals surface area contributed by atoms with Gasteiger partial charge in [0.15, 0.2) is 24.5 Å². The summed E-state index contributed by atoms with van der Waals surface area (Å²) in [7, 11) is 0. The van der Waals surface area contributed by atoms with E-state index in [4.69, 9.17) is 41.7 Å². The minimum atomic E-state index is -1.48. The summed E-state index contributed by atoms with van der Waals surface area (Å²) in [6, 6.07) is 14.8. The van der Waals surface area contributed by atoms with Crippen LogP contribution in [0.4, 0.5) is 0 Å². The van der Waals surface area contributed by atoms with Gasteiger partial charge in [-0.05, 0) is 29.9 Å². The Bertz CT molecular complexity index is 1850. The maximum absolute atomic E-state index is 13.0. The van der Waals surface area contributed by atoms with Crippen LogP contribution in [0.25, 0.3) is 5.78 Å². The Kier molecular flexibility index (Phi) is 11.7. The number of hydrogen-bond donors (Lipinski definition) is 1. The molecule has 1 aromatic carbocycles. The zero-order valence-electron chi connectivity index (χ0n) is 26.3. The highest BCUT2D eigenvalue weighted by Crippen LogP contribution is 2.34. The number of nitrogen functional groups attached to an aromatic ring is 1. The summed E-state index contributed by atoms with van der Waals surface area (Å²) in [5, 5.41) is 8.67. The lowest BCUT2D eigenvalue weighted by Crippen LogP contribution is -2.60. The fourth-order valence-corrected chi connectivity index (χ4v) is 5.04. The number of hydrogen-bond acceptors (Lipinski definition) is 15. The lowest BCUT2D eigenvalue weighted by atomic mass is 9.97. The average molecular weight is 684 g/mol. The van der Waals surface area contributed by atoms with Crippen molar-refractivity contribution in [3.63, 3.8) is 0 Å². The number of ether oxygens (including phenoxy) is 5. The standard InChI is InChI=1S/C25H28N6O10S.C5H5N/c1-12(32)37-11-18-19(38-13(2)33)20(39-14(3)34)21(40-15(4)35)23(41-18)30-25(42)31-24(28-30)29(26)22(36)17(27-31)10-16-8-6-5-7-9-16;1-2-4-6-5-3-1/h5-9,18-21,23H,10-11,26H2,1-4H3;1-5H/t18-,19-,20+,21-,23-;/m1./s1. The maximum atomic E-state index is 13.0. The number of aromatic nitrogens is 6. The molecule has 0 aliphatic carbocycles. The summed E-state index contributed by atoms with van der Waals surface area (Å²) in [5.41, 5.74) is 0.216. The molecule has 0 amide bonds. The van der Waals surface area contributed by atoms with E-state index in [0.29, 0.717) is 0 Å². The molecule has 0 radical (unpaired) electrons. The van der Waals surface area contributed by atoms with Gasteiger partial charge in [0.25, 0.3) is 11.3 Å². The molecule has 4 aromatic rings. The molecule has 1 saturated heterocycles. The largest absolute Gasteiger partial charge is 0.463 e. The van der Waals surface area contributed by atoms with Crippen molar-refractivity contribution >= 4 is 41.9 Å². The van der Waals surface area contributed by atoms with E-state index >= 15 is 0 Å². The van der Waals surface area contributed by atoms with Gasteiger partial charge < -0.3 is 29.5 Å². The fourth-order valence-electron chi connectivity index (χ4n) is 4.78. The molecule has 5 atom stereocenters. The Morgan fingerprint density at radius 3 is 1.96 bits per heavy atom. The van der Waals surface area contributed by atoms with E-state index < -0.39 is 66.7 Å². The van der Waals surface area contributed by atoms with E-state index in [1.807, 2.05) is 48.5 Å². The first-order valence-electron chi connectivity index (χ1n) is 14.4. The van der Waals surface area contributed by atoms with Gasteiger partial charge in [-0.3, -0.25) is 29.0 Å². The summed E-state index contributed by atoms with van der Waals surface area (Å²) in [6.45, 7) is 4.02. The first-order chi connectivity index (χ1) is 22.9. The molecule has 0 spiro atoms. The van der Waals surface area contributed by atoms with Gasteiger partial charge in [0.2, 0.25) is 4.77 Å². The Morgan fingerprint density at radius 2 is 1.42 bits per heavy atom. The molecular formula is C30H33N7O10S. The molecule has 5 rings (SSSR count). The maximum Gasteiger partial charge on any atom is 0.303 e. The van der Waals surface area contributed by atoms with Gasteiger partial charge >= 0.3 is 23.9 Å². The predicted molar refractivity (Wildman–Crippen MR) is 167 cm³/mol. The first kappa shape index (κ1) is 35.4. The Balaban J connectivity index is 0.000000780. The quantitative estimate of drug-likeness (QED) is 0.119. The molecule has 18 heteroatoms. The van der Waals surface area contributed by atoms with E-state index in [9.17, 15) is 24.0 Å². The summed E-state index contributed by atoms with van der Waals surface area (Å²) >= 11 is 5.60. The van der Waals surface area contributed by atoms with Crippen molar-refractivity contribution in [3.8, 4) is 0 Å². The molecule has 1 aliphatic heterocycles. The van der Waals surface area contributed by atoms with Gasteiger partial charge in [0.1, 0.15) is 18.4 Å². The zero-order chi connectivity index (χ0) is 35.0. The molecule has 17 nitrogen and oxygen atoms in total. The van der Waals surface area contributed by atoms with Crippen LogP contribution in [0.5, 0.6) is 0 Å². The number of fused-ring (bicyclic) bond motifs is 1. The van der Waals surface area contributed by atoms with Crippen molar-refractivity contribution in [1.29, 1.82) is 0 Å². The van der Waals surface area contributed by atoms with Crippen LogP contribution in [0.3, 0.4) is 0 Å². The third-order valence-electron chi connectivity index (χ3n) is 6.65. The normalized spacial score (nSPS) is 20.1. The lowest BCUT2D eigenvalue weighted by molar-refractivity contribution is -0.270. The SMILES string of the molecule is CC(=O)OC[C@H]1O[C@@H](n2nc3n(N)c(=O)c(Cc4ccccc4)nn3c2=S)[C@H](OC(C)=O)[C@@H](OC(C)=O)[C@@H]1OC(C)=O.c1ccncc1. The van der Waals surface area contributed by atoms with Crippen LogP contribution in [0.15, 0.2) is 65.7 Å². The van der Waals surface area contributed by atoms with Gasteiger partial charge in [-0.2, -0.15) is 14.3 Å². The Hall–Kier alpha value is -5.49. The average Bonchev–Trinajstić information content (AvgIpc) is 3.37. The predicted octanol–water partition coefficient (Wildman–Crippen LogP) is 1.06. The number of esters is 4. The topological polar surface area (TPSA) is 210 Å². The molecule has 0 bridgehead atoms. The highest BCUT2D eigenvalue weighted by Gasteiger charge is 2.53. The second-order valence-corrected chi connectivity index (χ2v) is 10.7. The molecule has 0 unspecified atom stereocenters. The van der Waals surface area contributed by atoms with Gasteiger partial charge in [-0.1, -0.05) is 36.4 Å². The van der Waals surface area contributed by atoms with Crippen LogP contribution in [-0.4, -0.2) is 84.0 Å². The van der Waals surface area contributed by atoms with Gasteiger partial charge in [-0.25, -0.2) is 4.68 Å². The third-order valence-corrected chi connectivity index (χ3v) is 7.01. The summed E-state index contributed by atoms with van der Waals surface area (Å²) in [4.78, 5) is 64.7. The highest BCUT2D eigenvalue weighted by molar-refractivity contribution is 7.71. The molecular weight excluding hydrogens is 650 g/mol. The van der Waals surface area contributed by atoms with E-state index in [2.05, 4.69) is 15.2 Å². The number of pyridine rings is 1. The molecule has 3 aromatic heterocycles. The molecule has 1 fully saturated rings. The van der Waals surface area contributed by atoms with Gasteiger partial charge in [0, 0.05) is 46.5 Å². The van der Waals surface area contributed by atoms with Crippen LogP contribution < -0.4 is 11.4 Å². The van der Waals surface area contributed by atoms with Crippen molar-refractivity contribution < 1.29 is 42.9 Å². The van der Waals surface area contributed by atoms with Crippen molar-refractivity contribution in [2.75, 3.05) is 12.4 Å². The van der Waals surface area contributed by atoms with Crippen LogP contribution in [-0.2, 0) is 49.3 Å². The van der Waals surface area contributed by atoms with Crippen LogP contribution in [0.1, 0.15) is 45.2 Å². The third kappa shape index (κ3) is 8.65. The van der Waals surface area contributed by atoms with Crippen LogP contribution >= 0.6 is 12.2 Å². The molecule has 0 saturated carbocycles. The smallest absolute Gasteiger partial charge is 0.303 e. The number of rotatable bonds is 8. The zero-order valence-corrected chi connectivity index (χ0v) is 27.1. The Morgan fingerprint density at radius 1 is 0.833 bits per heavy atom. The molecule has 4 heterocycles. The first-order valence-corrected chi connectivity index (χ1v) is 14.9. The Labute approximate surface area is 278 Å². The minimum Gasteiger partial charge on any atom is -0.463 e. The fraction of sp³-hybridized carbons (Fsp3) is 0.367. The van der Waals surface area contributed by atoms with Crippen LogP contribution in [0, 0.1) is 4.77 Å². The van der Waals surface area contributed by atoms with Gasteiger partial charge in [0.05, 0.1) is 0 Å². The summed E-state index contributed by atoms with van der Waals surface area (Å²) in [5.74, 6) is 2.85. The van der Waals surface area contributed by atoms with Crippen molar-refractivity contribution in [2.45, 2.75) is 64.8 Å². The van der Waals surface area contributed by atoms with Gasteiger partial charge in [-0.15, -0.1) is 5.10 Å². The number of nitrogens with two attached hydrogens (primary N) is 1. The second kappa shape index (κ2) is 15.9. The van der Waals surface area contributed by atoms with Crippen molar-refractivity contribution in [1.82, 2.24) is 29.1 Å². The number of benzene rings is 1. The van der Waals surface area contributed by atoms with Crippen molar-refractivity contribution in [3.05, 3.63) is 87.3 Å². The van der Waals surface area contributed by atoms with Crippen molar-refractivity contribution in [2.24, 2.45) is 0 Å². The van der Waals surface area contributed by atoms with E-state index in [1.165, 1.54) is 0 Å². The monoisotopic (exact) mass is 683 g/mol. The minimum absolute atomic E-state index is 0.0633. The number of carbonyl (C=O) groups excluding carboxylic acids is 4. The molecule has 1 aliphatic rings. The van der Waals surface area contributed by atoms with E-state index in [0.717, 1.165) is 47.1 Å². The second-order valence-electron chi connectivity index (χ2n) is 10.3.